The Morgan fingerprint density at radius 3 is 2.53 bits per heavy atom. The van der Waals surface area contributed by atoms with Gasteiger partial charge in [0.15, 0.2) is 5.82 Å². The summed E-state index contributed by atoms with van der Waals surface area (Å²) < 4.78 is 42.9. The maximum atomic E-state index is 15.4. The number of aromatic hydroxyl groups is 1. The summed E-state index contributed by atoms with van der Waals surface area (Å²) in [5.41, 5.74) is -0.0360. The highest BCUT2D eigenvalue weighted by molar-refractivity contribution is 7.92. The molecule has 0 radical (unpaired) electrons. The van der Waals surface area contributed by atoms with Gasteiger partial charge in [0.2, 0.25) is 0 Å². The van der Waals surface area contributed by atoms with Crippen LogP contribution in [0.1, 0.15) is 5.56 Å². The SMILES string of the molecule is Cn1c(=O)c(NCc2ccccc2)cc2c(F)c(N3CC(=O)NS3(=O)=O)c(O)cc21. The van der Waals surface area contributed by atoms with Gasteiger partial charge in [0.1, 0.15) is 23.7 Å². The van der Waals surface area contributed by atoms with Crippen LogP contribution in [0.25, 0.3) is 10.9 Å². The van der Waals surface area contributed by atoms with Gasteiger partial charge >= 0.3 is 10.2 Å². The molecule has 1 amide bonds. The molecule has 1 aliphatic rings. The largest absolute Gasteiger partial charge is 0.506 e. The van der Waals surface area contributed by atoms with E-state index in [2.05, 4.69) is 5.32 Å². The highest BCUT2D eigenvalue weighted by Gasteiger charge is 2.38. The molecule has 0 aliphatic carbocycles. The number of pyridine rings is 1. The van der Waals surface area contributed by atoms with Crippen LogP contribution in [0, 0.1) is 5.82 Å². The van der Waals surface area contributed by atoms with Crippen molar-refractivity contribution >= 4 is 38.4 Å². The van der Waals surface area contributed by atoms with Gasteiger partial charge in [-0.1, -0.05) is 30.3 Å². The van der Waals surface area contributed by atoms with Crippen LogP contribution in [0.15, 0.2) is 47.3 Å². The first-order valence-electron chi connectivity index (χ1n) is 8.85. The van der Waals surface area contributed by atoms with Crippen LogP contribution in [0.5, 0.6) is 5.75 Å². The summed E-state index contributed by atoms with van der Waals surface area (Å²) in [5, 5.41) is 13.2. The van der Waals surface area contributed by atoms with Crippen LogP contribution in [-0.4, -0.2) is 30.5 Å². The fourth-order valence-electron chi connectivity index (χ4n) is 3.34. The Morgan fingerprint density at radius 2 is 1.90 bits per heavy atom. The number of aryl methyl sites for hydroxylation is 1. The van der Waals surface area contributed by atoms with Crippen LogP contribution >= 0.6 is 0 Å². The normalized spacial score (nSPS) is 15.4. The fraction of sp³-hybridized carbons (Fsp3) is 0.158. The van der Waals surface area contributed by atoms with Gasteiger partial charge in [-0.05, 0) is 11.6 Å². The average molecular weight is 432 g/mol. The zero-order valence-electron chi connectivity index (χ0n) is 15.7. The van der Waals surface area contributed by atoms with Crippen molar-refractivity contribution < 1.29 is 22.7 Å². The highest BCUT2D eigenvalue weighted by Crippen LogP contribution is 2.38. The number of amides is 1. The summed E-state index contributed by atoms with van der Waals surface area (Å²) in [7, 11) is -2.92. The van der Waals surface area contributed by atoms with E-state index in [9.17, 15) is 23.1 Å². The summed E-state index contributed by atoms with van der Waals surface area (Å²) in [4.78, 5) is 24.2. The van der Waals surface area contributed by atoms with E-state index >= 15 is 4.39 Å². The van der Waals surface area contributed by atoms with Gasteiger partial charge in [-0.3, -0.25) is 9.59 Å². The molecular weight excluding hydrogens is 415 g/mol. The Balaban J connectivity index is 1.85. The average Bonchev–Trinajstić information content (AvgIpc) is 2.97. The molecule has 0 unspecified atom stereocenters. The summed E-state index contributed by atoms with van der Waals surface area (Å²) >= 11 is 0. The molecule has 1 aromatic heterocycles. The van der Waals surface area contributed by atoms with Crippen molar-refractivity contribution in [3.63, 3.8) is 0 Å². The molecule has 4 rings (SSSR count). The Morgan fingerprint density at radius 1 is 1.20 bits per heavy atom. The zero-order valence-corrected chi connectivity index (χ0v) is 16.5. The number of rotatable bonds is 4. The molecular formula is C19H17FN4O5S. The van der Waals surface area contributed by atoms with E-state index in [4.69, 9.17) is 0 Å². The lowest BCUT2D eigenvalue weighted by atomic mass is 10.1. The minimum atomic E-state index is -4.33. The third-order valence-electron chi connectivity index (χ3n) is 4.82. The number of fused-ring (bicyclic) bond motifs is 1. The van der Waals surface area contributed by atoms with Crippen molar-refractivity contribution in [3.05, 3.63) is 64.2 Å². The molecule has 11 heteroatoms. The van der Waals surface area contributed by atoms with Crippen LogP contribution in [0.3, 0.4) is 0 Å². The molecule has 9 nitrogen and oxygen atoms in total. The molecule has 3 aromatic rings. The van der Waals surface area contributed by atoms with Crippen molar-refractivity contribution in [1.82, 2.24) is 9.29 Å². The molecule has 1 saturated heterocycles. The van der Waals surface area contributed by atoms with Crippen molar-refractivity contribution in [2.75, 3.05) is 16.2 Å². The van der Waals surface area contributed by atoms with Gasteiger partial charge in [0.05, 0.1) is 5.52 Å². The molecule has 0 bridgehead atoms. The van der Waals surface area contributed by atoms with Gasteiger partial charge in [0, 0.05) is 25.0 Å². The summed E-state index contributed by atoms with van der Waals surface area (Å²) in [5.74, 6) is -2.62. The van der Waals surface area contributed by atoms with Crippen molar-refractivity contribution in [1.29, 1.82) is 0 Å². The number of anilines is 2. The predicted molar refractivity (Wildman–Crippen MR) is 109 cm³/mol. The van der Waals surface area contributed by atoms with Gasteiger partial charge in [-0.25, -0.2) is 13.4 Å². The minimum absolute atomic E-state index is 0.0693. The van der Waals surface area contributed by atoms with E-state index in [1.54, 1.807) is 4.72 Å². The lowest BCUT2D eigenvalue weighted by Gasteiger charge is -2.19. The van der Waals surface area contributed by atoms with Gasteiger partial charge in [-0.2, -0.15) is 8.42 Å². The van der Waals surface area contributed by atoms with Gasteiger partial charge in [-0.15, -0.1) is 0 Å². The first-order chi connectivity index (χ1) is 14.2. The Labute approximate surface area is 170 Å². The summed E-state index contributed by atoms with van der Waals surface area (Å²) in [6.07, 6.45) is 0. The molecule has 0 spiro atoms. The molecule has 3 N–H and O–H groups in total. The molecule has 1 fully saturated rings. The first-order valence-corrected chi connectivity index (χ1v) is 10.3. The second-order valence-corrected chi connectivity index (χ2v) is 8.38. The van der Waals surface area contributed by atoms with Crippen LogP contribution < -0.4 is 19.9 Å². The number of benzene rings is 2. The topological polar surface area (TPSA) is 121 Å². The number of nitrogens with one attached hydrogen (secondary N) is 2. The second-order valence-electron chi connectivity index (χ2n) is 6.79. The maximum Gasteiger partial charge on any atom is 0.326 e. The second kappa shape index (κ2) is 7.02. The van der Waals surface area contributed by atoms with Crippen LogP contribution in [-0.2, 0) is 28.6 Å². The number of phenolic OH excluding ortho intramolecular Hbond substituents is 1. The molecule has 156 valence electrons. The first kappa shape index (κ1) is 19.7. The number of carbonyl (C=O) groups excluding carboxylic acids is 1. The Hall–Kier alpha value is -3.60. The number of halogens is 1. The lowest BCUT2D eigenvalue weighted by molar-refractivity contribution is -0.117. The standard InChI is InChI=1S/C19H17FN4O5S/c1-23-14-8-15(25)18(24-10-16(26)22-30(24,28)29)17(20)12(14)7-13(19(23)27)21-9-11-5-3-2-4-6-11/h2-8,21,25H,9-10H2,1H3,(H,22,26). The van der Waals surface area contributed by atoms with Crippen molar-refractivity contribution in [3.8, 4) is 5.75 Å². The van der Waals surface area contributed by atoms with E-state index in [0.717, 1.165) is 16.2 Å². The third kappa shape index (κ3) is 3.22. The van der Waals surface area contributed by atoms with Crippen LogP contribution in [0.2, 0.25) is 0 Å². The predicted octanol–water partition coefficient (Wildman–Crippen LogP) is 1.18. The number of phenols is 1. The van der Waals surface area contributed by atoms with Crippen molar-refractivity contribution in [2.45, 2.75) is 6.54 Å². The van der Waals surface area contributed by atoms with E-state index in [0.29, 0.717) is 10.8 Å². The monoisotopic (exact) mass is 432 g/mol. The number of aromatic nitrogens is 1. The number of hydrogen-bond acceptors (Lipinski definition) is 6. The minimum Gasteiger partial charge on any atom is -0.506 e. The molecule has 0 atom stereocenters. The molecule has 1 aliphatic heterocycles. The smallest absolute Gasteiger partial charge is 0.326 e. The molecule has 0 saturated carbocycles. The molecule has 2 heterocycles. The summed E-state index contributed by atoms with van der Waals surface area (Å²) in [6, 6.07) is 11.6. The Bertz CT molecular complexity index is 1340. The van der Waals surface area contributed by atoms with E-state index in [1.165, 1.54) is 13.1 Å². The Kier molecular flexibility index (Phi) is 4.61. The third-order valence-corrected chi connectivity index (χ3v) is 6.19. The van der Waals surface area contributed by atoms with Crippen LogP contribution in [0.4, 0.5) is 15.8 Å². The zero-order chi connectivity index (χ0) is 21.6. The van der Waals surface area contributed by atoms with E-state index < -0.39 is 45.5 Å². The quantitative estimate of drug-likeness (QED) is 0.569. The summed E-state index contributed by atoms with van der Waals surface area (Å²) in [6.45, 7) is -0.351. The van der Waals surface area contributed by atoms with Gasteiger partial charge in [0.25, 0.3) is 11.5 Å². The van der Waals surface area contributed by atoms with Crippen molar-refractivity contribution in [2.24, 2.45) is 7.05 Å². The maximum absolute atomic E-state index is 15.4. The molecule has 30 heavy (non-hydrogen) atoms. The molecule has 2 aromatic carbocycles. The number of nitrogens with zero attached hydrogens (tertiary/aromatic N) is 2. The highest BCUT2D eigenvalue weighted by atomic mass is 32.2. The lowest BCUT2D eigenvalue weighted by Crippen LogP contribution is -2.30. The number of hydrogen-bond donors (Lipinski definition) is 3. The van der Waals surface area contributed by atoms with E-state index in [1.807, 2.05) is 30.3 Å². The number of carbonyl (C=O) groups is 1. The van der Waals surface area contributed by atoms with E-state index in [-0.39, 0.29) is 16.6 Å². The van der Waals surface area contributed by atoms with Gasteiger partial charge < -0.3 is 15.0 Å². The fourth-order valence-corrected chi connectivity index (χ4v) is 4.51.